The molecule has 9 fully saturated rings. The second-order valence-electron chi connectivity index (χ2n) is 31.2. The van der Waals surface area contributed by atoms with Gasteiger partial charge < -0.3 is 106 Å². The fraction of sp³-hybridized carbons (Fsp3) is 0.937. The number of nitrogens with two attached hydrogens (primary N) is 3. The molecule has 0 aliphatic carbocycles. The monoisotopic (exact) mass is 1950 g/mol. The summed E-state index contributed by atoms with van der Waals surface area (Å²) in [4.78, 5) is 267. The molecule has 45 atom stereocenters. The topological polar surface area (TPSA) is 999 Å². The van der Waals surface area contributed by atoms with Gasteiger partial charge in [-0.05, 0) is 6.92 Å². The van der Waals surface area contributed by atoms with E-state index in [1.807, 2.05) is 0 Å². The molecular formula is C63H97N27O45. The summed E-state index contributed by atoms with van der Waals surface area (Å²) >= 11 is 0. The summed E-state index contributed by atoms with van der Waals surface area (Å²) < 4.78 is 104. The maximum absolute atomic E-state index is 14.2. The molecule has 9 aliphatic heterocycles. The van der Waals surface area contributed by atoms with Crippen molar-refractivity contribution in [2.75, 3.05) is 59.0 Å². The van der Waals surface area contributed by atoms with E-state index < -0.39 is 358 Å². The second kappa shape index (κ2) is 52.1. The minimum atomic E-state index is -2.83. The van der Waals surface area contributed by atoms with Crippen molar-refractivity contribution >= 4 is 23.6 Å². The number of carbonyl (C=O) groups excluding carboxylic acids is 4. The Kier molecular flexibility index (Phi) is 42.0. The molecule has 135 heavy (non-hydrogen) atoms. The molecular weight excluding hydrogens is 1850 g/mol. The maximum Gasteiger partial charge on any atom is 0.230 e. The number of hydrogen-bond donors (Lipinski definition) is 16. The van der Waals surface area contributed by atoms with Gasteiger partial charge in [-0.2, -0.15) is 78.5 Å². The van der Waals surface area contributed by atoms with Crippen molar-refractivity contribution in [2.24, 2.45) is 101 Å². The van der Waals surface area contributed by atoms with Crippen LogP contribution >= 0.6 is 0 Å². The van der Waals surface area contributed by atoms with Crippen molar-refractivity contribution in [3.8, 4) is 0 Å². The van der Waals surface area contributed by atoms with Crippen LogP contribution in [-0.2, 0) is 114 Å². The maximum atomic E-state index is 14.2. The van der Waals surface area contributed by atoms with E-state index in [-0.39, 0.29) is 0 Å². The Morgan fingerprint density at radius 1 is 0.274 bits per heavy atom. The van der Waals surface area contributed by atoms with Crippen LogP contribution in [0.4, 0.5) is 0 Å². The molecule has 9 rings (SSSR count). The molecule has 27 unspecified atom stereocenters. The van der Waals surface area contributed by atoms with Gasteiger partial charge in [-0.1, -0.05) is 82.8 Å². The summed E-state index contributed by atoms with van der Waals surface area (Å²) in [5.41, 5.74) is 18.4. The molecule has 9 heterocycles. The van der Waals surface area contributed by atoms with Crippen molar-refractivity contribution in [1.82, 2.24) is 43.4 Å². The van der Waals surface area contributed by atoms with Crippen LogP contribution in [0.5, 0.6) is 0 Å². The van der Waals surface area contributed by atoms with Gasteiger partial charge in [0, 0.05) is 27.7 Å². The average Bonchev–Trinajstić information content (AvgIpc) is 0.751. The first-order valence-corrected chi connectivity index (χ1v) is 40.5. The zero-order chi connectivity index (χ0) is 98.8. The predicted molar refractivity (Wildman–Crippen MR) is 426 cm³/mol. The quantitative estimate of drug-likeness (QED) is 0.0199. The van der Waals surface area contributed by atoms with E-state index in [0.29, 0.717) is 0 Å². The van der Waals surface area contributed by atoms with Crippen LogP contribution in [0.25, 0.3) is 0 Å². The van der Waals surface area contributed by atoms with Crippen molar-refractivity contribution in [3.63, 3.8) is 0 Å². The van der Waals surface area contributed by atoms with Gasteiger partial charge in [0.2, 0.25) is 23.6 Å². The lowest BCUT2D eigenvalue weighted by Crippen LogP contribution is -2.71. The lowest BCUT2D eigenvalue weighted by Gasteiger charge is -2.50. The number of ether oxygens (including phenoxy) is 17. The van der Waals surface area contributed by atoms with Crippen molar-refractivity contribution < 1.29 is 140 Å². The molecule has 9 aliphatic rings. The number of rotatable bonds is 52. The highest BCUT2D eigenvalue weighted by Crippen LogP contribution is 2.43. The predicted octanol–water partition coefficient (Wildman–Crippen LogP) is -8.88. The van der Waals surface area contributed by atoms with Gasteiger partial charge in [0.15, 0.2) is 80.6 Å². The van der Waals surface area contributed by atoms with Gasteiger partial charge in [0.25, 0.3) is 0 Å². The number of nitrogens with zero attached hydrogens (tertiary/aromatic N) is 16. The van der Waals surface area contributed by atoms with E-state index >= 15 is 0 Å². The lowest BCUT2D eigenvalue weighted by atomic mass is 9.91. The zero-order valence-corrected chi connectivity index (χ0v) is 70.8. The summed E-state index contributed by atoms with van der Waals surface area (Å²) in [6.07, 6.45) is -69.1. The van der Waals surface area contributed by atoms with Crippen molar-refractivity contribution in [2.45, 2.75) is 310 Å². The lowest BCUT2D eigenvalue weighted by molar-refractivity contribution is -0.375. The number of aliphatic hydroxyl groups excluding tert-OH is 5. The van der Waals surface area contributed by atoms with Crippen LogP contribution in [0.1, 0.15) is 34.6 Å². The first-order valence-electron chi connectivity index (χ1n) is 40.5. The highest BCUT2D eigenvalue weighted by atomic mass is 16.8. The van der Waals surface area contributed by atoms with Gasteiger partial charge in [0.05, 0.1) is 25.4 Å². The molecule has 72 heteroatoms. The van der Waals surface area contributed by atoms with E-state index in [2.05, 4.69) is 126 Å². The Morgan fingerprint density at radius 2 is 0.600 bits per heavy atom. The summed E-state index contributed by atoms with van der Waals surface area (Å²) in [5, 5.41) is 108. The highest BCUT2D eigenvalue weighted by Gasteiger charge is 2.64. The molecule has 0 radical (unpaired) electrons. The van der Waals surface area contributed by atoms with Gasteiger partial charge >= 0.3 is 0 Å². The average molecular weight is 1950 g/mol. The van der Waals surface area contributed by atoms with Crippen LogP contribution in [0.2, 0.25) is 0 Å². The van der Waals surface area contributed by atoms with E-state index in [4.69, 9.17) is 113 Å². The number of nitrogens with one attached hydrogen (secondary N) is 8. The third kappa shape index (κ3) is 25.4. The summed E-state index contributed by atoms with van der Waals surface area (Å²) in [6.45, 7) is -4.69. The molecule has 0 spiro atoms. The molecule has 754 valence electrons. The number of carbonyl (C=O) groups is 4. The molecule has 0 aromatic heterocycles. The normalized spacial score (nSPS) is 42.0. The first-order chi connectivity index (χ1) is 65.0. The Labute approximate surface area is 752 Å². The van der Waals surface area contributed by atoms with Crippen molar-refractivity contribution in [3.05, 3.63) is 78.5 Å². The van der Waals surface area contributed by atoms with E-state index in [1.54, 1.807) is 0 Å². The SMILES string of the molecule is CC(=O)NNC1C(O)[C@H](O[C@@H]2OC(CO[C@H]3OC(CN=O)[C@@H](N=O)C(O)C3O[C@@H]3OC(CO)[C@@H](O[C@@H]4OC(CN=O)[C@H](ON)C(N=O)C4ON)C(O)C3NNC(C)=O)[C@@H](N=O)C(O[C@H]3OC(CN=O)[C@@H](N=O)C(N=O)C3O[C@@H]3OC(CN=O)[C@@H](O[C@@H]4OC(CN=O)[C@H](N=O)C(ON)C4N=O)C(N=O)C3NNC(C)=O)C2O)C(CN=O)O[C@H]1O[C@@H]1C(CN=O)O[C@@H](C)C(NNC(C)=O)C1N=O. The van der Waals surface area contributed by atoms with Gasteiger partial charge in [-0.25, -0.2) is 39.4 Å². The summed E-state index contributed by atoms with van der Waals surface area (Å²) in [6, 6.07) is -26.8. The number of aliphatic hydroxyl groups is 5. The summed E-state index contributed by atoms with van der Waals surface area (Å²) in [5.74, 6) is 12.8. The third-order valence-corrected chi connectivity index (χ3v) is 22.8. The van der Waals surface area contributed by atoms with Gasteiger partial charge in [0.1, 0.15) is 228 Å². The Hall–Kier alpha value is -9.80. The molecule has 0 saturated carbocycles. The fourth-order valence-corrected chi connectivity index (χ4v) is 16.6. The first kappa shape index (κ1) is 109. The molecule has 0 aromatic carbocycles. The Morgan fingerprint density at radius 3 is 1.07 bits per heavy atom. The summed E-state index contributed by atoms with van der Waals surface area (Å²) in [7, 11) is 0. The smallest absolute Gasteiger partial charge is 0.230 e. The van der Waals surface area contributed by atoms with E-state index in [0.717, 1.165) is 27.7 Å². The molecule has 9 saturated heterocycles. The van der Waals surface area contributed by atoms with Gasteiger partial charge in [-0.3, -0.25) is 55.4 Å². The van der Waals surface area contributed by atoms with Crippen molar-refractivity contribution in [1.29, 1.82) is 0 Å². The second-order valence-corrected chi connectivity index (χ2v) is 31.2. The van der Waals surface area contributed by atoms with Crippen LogP contribution in [0.15, 0.2) is 82.8 Å². The van der Waals surface area contributed by atoms with E-state index in [9.17, 15) is 123 Å². The number of amides is 4. The Balaban J connectivity index is 1.16. The molecule has 0 aromatic rings. The van der Waals surface area contributed by atoms with Crippen LogP contribution in [0.3, 0.4) is 0 Å². The van der Waals surface area contributed by atoms with E-state index in [1.165, 1.54) is 6.92 Å². The standard InChI is InChI=1S/C63H97N27O45/c1-15-29(78-74-16(2)92)34(86-111)46(23(117-15)9-70-103)126-57-38(80-76-18(4)94)43(97)49(26(122-57)12-73-106)128-60-45(99)52(130-62-53(35(87-112)30(82-107)20(120-62)6-67-100)131-56-37(79-75-17(3)93)36(88-113)47(24(121-56)10-71-104)127-59-41(90-115)51(134-65)32(84-109)22(118-59)8-69-102)33(85-110)28(125-60)14-116-61-55(42(96)31(83-108)21(119-61)7-68-101)132-58-39(81-77-19(5)95)44(98)50(27(13-91)124-58)129-63-54(135-66)40(89-114)48(133-64)25(123-63)11-72-105/h15,20-63,78-81,91,96-99H,6-14,64-66H2,1-5H3,(H,74,92)(H,75,93)(H,76,94)(H,77,95)/t15-,20?,21?,22?,23?,24?,25?,26?,27?,28?,29?,30+,31+,32-,33+,34?,35?,36?,37?,38?,39?,40?,41?,42?,43?,44?,45?,46+,47+,48-,49+,50+,51?,52?,53?,54?,55?,56-,57-,58-,59-,60-,61-,62+,63-/m0/s1. The zero-order valence-electron chi connectivity index (χ0n) is 70.8. The number of nitroso groups, excluding NO2 is 16. The third-order valence-electron chi connectivity index (χ3n) is 22.8. The minimum Gasteiger partial charge on any atom is -0.394 e. The minimum absolute atomic E-state index is 0.703. The van der Waals surface area contributed by atoms with Crippen LogP contribution < -0.4 is 61.1 Å². The van der Waals surface area contributed by atoms with Crippen LogP contribution in [-0.4, -0.2) is 384 Å². The van der Waals surface area contributed by atoms with Gasteiger partial charge in [-0.15, -0.1) is 0 Å². The Bertz CT molecular complexity index is 4030. The molecule has 72 nitrogen and oxygen atoms in total. The number of hydrazine groups is 4. The van der Waals surface area contributed by atoms with Crippen LogP contribution in [0, 0.1) is 78.5 Å². The fourth-order valence-electron chi connectivity index (χ4n) is 16.6. The highest BCUT2D eigenvalue weighted by molar-refractivity contribution is 5.73. The molecule has 4 amide bonds. The molecule has 19 N–H and O–H groups in total. The molecule has 0 bridgehead atoms. The largest absolute Gasteiger partial charge is 0.394 e. The number of hydrogen-bond acceptors (Lipinski definition) is 68.